The molecular weight excluding hydrogens is 320 g/mol. The molecule has 1 atom stereocenters. The van der Waals surface area contributed by atoms with Crippen molar-refractivity contribution in [3.8, 4) is 0 Å². The Bertz CT molecular complexity index is 862. The highest BCUT2D eigenvalue weighted by molar-refractivity contribution is 6.10. The van der Waals surface area contributed by atoms with E-state index < -0.39 is 4.92 Å². The third-order valence-corrected chi connectivity index (χ3v) is 4.26. The quantitative estimate of drug-likeness (QED) is 0.507. The fraction of sp³-hybridized carbons (Fsp3) is 0.222. The standard InChI is InChI=1S/C18H18N4O3/c1-11-9-15(23)20-21-17(11)14-8-7-13(18(16(14)19)22(24)25)10-12-5-3-2-4-6-12/h2-8,11H,9-10,19H2,1H3,(H,20,23). The van der Waals surface area contributed by atoms with Crippen LogP contribution in [0.15, 0.2) is 47.6 Å². The SMILES string of the molecule is CC1CC(=O)NN=C1c1ccc(Cc2ccccc2)c([N+](=O)[O-])c1N. The van der Waals surface area contributed by atoms with E-state index in [1.165, 1.54) is 0 Å². The Morgan fingerprint density at radius 2 is 2.00 bits per heavy atom. The summed E-state index contributed by atoms with van der Waals surface area (Å²) in [6.07, 6.45) is 0.693. The molecule has 128 valence electrons. The molecule has 0 aliphatic carbocycles. The first kappa shape index (κ1) is 16.6. The largest absolute Gasteiger partial charge is 0.393 e. The highest BCUT2D eigenvalue weighted by Gasteiger charge is 2.28. The minimum Gasteiger partial charge on any atom is -0.393 e. The van der Waals surface area contributed by atoms with Crippen LogP contribution in [0.1, 0.15) is 30.0 Å². The molecule has 7 heteroatoms. The van der Waals surface area contributed by atoms with E-state index in [-0.39, 0.29) is 29.6 Å². The molecule has 2 aromatic carbocycles. The fourth-order valence-corrected chi connectivity index (χ4v) is 3.03. The predicted octanol–water partition coefficient (Wildman–Crippen LogP) is 2.63. The minimum atomic E-state index is -0.455. The van der Waals surface area contributed by atoms with Crippen molar-refractivity contribution in [2.75, 3.05) is 5.73 Å². The summed E-state index contributed by atoms with van der Waals surface area (Å²) in [6, 6.07) is 13.0. The maximum atomic E-state index is 11.6. The van der Waals surface area contributed by atoms with Crippen LogP contribution in [0, 0.1) is 16.0 Å². The molecule has 0 radical (unpaired) electrons. The first-order valence-electron chi connectivity index (χ1n) is 7.94. The van der Waals surface area contributed by atoms with Crippen LogP contribution in [0.3, 0.4) is 0 Å². The first-order chi connectivity index (χ1) is 12.0. The molecule has 3 N–H and O–H groups in total. The van der Waals surface area contributed by atoms with Crippen molar-refractivity contribution >= 4 is 23.0 Å². The van der Waals surface area contributed by atoms with Crippen molar-refractivity contribution in [1.29, 1.82) is 0 Å². The lowest BCUT2D eigenvalue weighted by molar-refractivity contribution is -0.384. The maximum absolute atomic E-state index is 11.6. The lowest BCUT2D eigenvalue weighted by Crippen LogP contribution is -2.32. The molecule has 1 amide bonds. The van der Waals surface area contributed by atoms with Gasteiger partial charge in [0, 0.05) is 29.9 Å². The molecule has 1 aliphatic heterocycles. The number of amides is 1. The van der Waals surface area contributed by atoms with E-state index in [1.807, 2.05) is 37.3 Å². The van der Waals surface area contributed by atoms with Gasteiger partial charge in [0.25, 0.3) is 5.69 Å². The van der Waals surface area contributed by atoms with Crippen molar-refractivity contribution in [3.63, 3.8) is 0 Å². The number of anilines is 1. The predicted molar refractivity (Wildman–Crippen MR) is 95.2 cm³/mol. The summed E-state index contributed by atoms with van der Waals surface area (Å²) in [5.74, 6) is -0.333. The molecule has 3 rings (SSSR count). The van der Waals surface area contributed by atoms with Gasteiger partial charge in [-0.1, -0.05) is 49.4 Å². The highest BCUT2D eigenvalue weighted by atomic mass is 16.6. The Hall–Kier alpha value is -3.22. The number of nitrogens with one attached hydrogen (secondary N) is 1. The second kappa shape index (κ2) is 6.72. The molecule has 0 aromatic heterocycles. The van der Waals surface area contributed by atoms with E-state index in [0.717, 1.165) is 5.56 Å². The molecule has 25 heavy (non-hydrogen) atoms. The molecule has 0 fully saturated rings. The van der Waals surface area contributed by atoms with Crippen LogP contribution in [-0.4, -0.2) is 16.5 Å². The van der Waals surface area contributed by atoms with Gasteiger partial charge in [0.2, 0.25) is 5.91 Å². The van der Waals surface area contributed by atoms with Crippen molar-refractivity contribution in [1.82, 2.24) is 5.43 Å². The summed E-state index contributed by atoms with van der Waals surface area (Å²) in [5, 5.41) is 15.7. The summed E-state index contributed by atoms with van der Waals surface area (Å²) in [6.45, 7) is 1.85. The molecule has 1 unspecified atom stereocenters. The number of nitrogens with two attached hydrogens (primary N) is 1. The Balaban J connectivity index is 2.05. The Labute approximate surface area is 144 Å². The summed E-state index contributed by atoms with van der Waals surface area (Å²) in [4.78, 5) is 22.6. The topological polar surface area (TPSA) is 111 Å². The fourth-order valence-electron chi connectivity index (χ4n) is 3.03. The van der Waals surface area contributed by atoms with Gasteiger partial charge in [-0.2, -0.15) is 5.10 Å². The van der Waals surface area contributed by atoms with Crippen LogP contribution in [0.25, 0.3) is 0 Å². The smallest absolute Gasteiger partial charge is 0.296 e. The van der Waals surface area contributed by atoms with Crippen LogP contribution in [0.2, 0.25) is 0 Å². The van der Waals surface area contributed by atoms with E-state index >= 15 is 0 Å². The first-order valence-corrected chi connectivity index (χ1v) is 7.94. The number of nitrogens with zero attached hydrogens (tertiary/aromatic N) is 2. The monoisotopic (exact) mass is 338 g/mol. The normalized spacial score (nSPS) is 16.9. The Kier molecular flexibility index (Phi) is 4.47. The van der Waals surface area contributed by atoms with Crippen LogP contribution in [0.4, 0.5) is 11.4 Å². The highest BCUT2D eigenvalue weighted by Crippen LogP contribution is 2.33. The molecular formula is C18H18N4O3. The van der Waals surface area contributed by atoms with Gasteiger partial charge in [0.15, 0.2) is 0 Å². The lowest BCUT2D eigenvalue weighted by Gasteiger charge is -2.20. The number of carbonyl (C=O) groups is 1. The number of rotatable bonds is 4. The van der Waals surface area contributed by atoms with Crippen LogP contribution < -0.4 is 11.2 Å². The van der Waals surface area contributed by atoms with Crippen LogP contribution in [-0.2, 0) is 11.2 Å². The van der Waals surface area contributed by atoms with Crippen molar-refractivity contribution in [3.05, 3.63) is 69.3 Å². The van der Waals surface area contributed by atoms with E-state index in [0.29, 0.717) is 23.3 Å². The second-order valence-corrected chi connectivity index (χ2v) is 6.09. The number of nitro groups is 1. The number of nitrogen functional groups attached to an aromatic ring is 1. The zero-order valence-corrected chi connectivity index (χ0v) is 13.7. The molecule has 0 saturated carbocycles. The van der Waals surface area contributed by atoms with E-state index in [4.69, 9.17) is 5.73 Å². The zero-order valence-electron chi connectivity index (χ0n) is 13.7. The molecule has 1 aliphatic rings. The van der Waals surface area contributed by atoms with Gasteiger partial charge in [0.1, 0.15) is 5.69 Å². The summed E-state index contributed by atoms with van der Waals surface area (Å²) >= 11 is 0. The summed E-state index contributed by atoms with van der Waals surface area (Å²) in [5.41, 5.74) is 11.1. The van der Waals surface area contributed by atoms with E-state index in [2.05, 4.69) is 10.5 Å². The molecule has 0 saturated heterocycles. The average molecular weight is 338 g/mol. The average Bonchev–Trinajstić information content (AvgIpc) is 2.56. The number of nitro benzene ring substituents is 1. The van der Waals surface area contributed by atoms with Crippen LogP contribution >= 0.6 is 0 Å². The van der Waals surface area contributed by atoms with Gasteiger partial charge in [-0.05, 0) is 5.56 Å². The lowest BCUT2D eigenvalue weighted by atomic mass is 9.90. The van der Waals surface area contributed by atoms with Gasteiger partial charge < -0.3 is 5.73 Å². The molecule has 0 spiro atoms. The van der Waals surface area contributed by atoms with Crippen molar-refractivity contribution < 1.29 is 9.72 Å². The Morgan fingerprint density at radius 1 is 1.28 bits per heavy atom. The number of benzene rings is 2. The number of hydrogen-bond acceptors (Lipinski definition) is 5. The van der Waals surface area contributed by atoms with Gasteiger partial charge >= 0.3 is 0 Å². The molecule has 1 heterocycles. The molecule has 0 bridgehead atoms. The van der Waals surface area contributed by atoms with Crippen LogP contribution in [0.5, 0.6) is 0 Å². The summed E-state index contributed by atoms with van der Waals surface area (Å²) < 4.78 is 0. The second-order valence-electron chi connectivity index (χ2n) is 6.09. The van der Waals surface area contributed by atoms with Crippen molar-refractivity contribution in [2.24, 2.45) is 11.0 Å². The van der Waals surface area contributed by atoms with Gasteiger partial charge in [-0.3, -0.25) is 14.9 Å². The Morgan fingerprint density at radius 3 is 2.64 bits per heavy atom. The van der Waals surface area contributed by atoms with Gasteiger partial charge in [-0.25, -0.2) is 5.43 Å². The van der Waals surface area contributed by atoms with Gasteiger partial charge in [-0.15, -0.1) is 0 Å². The zero-order chi connectivity index (χ0) is 18.0. The summed E-state index contributed by atoms with van der Waals surface area (Å²) in [7, 11) is 0. The van der Waals surface area contributed by atoms with Gasteiger partial charge in [0.05, 0.1) is 10.6 Å². The van der Waals surface area contributed by atoms with E-state index in [1.54, 1.807) is 12.1 Å². The van der Waals surface area contributed by atoms with E-state index in [9.17, 15) is 14.9 Å². The number of carbonyl (C=O) groups excluding carboxylic acids is 1. The number of hydrogen-bond donors (Lipinski definition) is 2. The van der Waals surface area contributed by atoms with Crippen molar-refractivity contribution in [2.45, 2.75) is 19.8 Å². The minimum absolute atomic E-state index is 0.0835. The molecule has 2 aromatic rings. The molecule has 7 nitrogen and oxygen atoms in total. The third-order valence-electron chi connectivity index (χ3n) is 4.26. The third kappa shape index (κ3) is 3.35. The number of hydrazone groups is 1. The maximum Gasteiger partial charge on any atom is 0.296 e.